The molecular formula is C16H23NO2. The van der Waals surface area contributed by atoms with Gasteiger partial charge in [-0.15, -0.1) is 0 Å². The Morgan fingerprint density at radius 2 is 2.00 bits per heavy atom. The van der Waals surface area contributed by atoms with Gasteiger partial charge in [-0.1, -0.05) is 37.5 Å². The second-order valence-corrected chi connectivity index (χ2v) is 5.72. The topological polar surface area (TPSA) is 30.5 Å². The van der Waals surface area contributed by atoms with Gasteiger partial charge in [-0.2, -0.15) is 0 Å². The molecule has 1 aliphatic carbocycles. The lowest BCUT2D eigenvalue weighted by Gasteiger charge is -2.44. The van der Waals surface area contributed by atoms with E-state index in [1.807, 2.05) is 12.1 Å². The Balaban J connectivity index is 1.81. The molecule has 3 nitrogen and oxygen atoms in total. The fourth-order valence-electron chi connectivity index (χ4n) is 3.41. The first-order valence-electron chi connectivity index (χ1n) is 7.34. The molecule has 3 heteroatoms. The van der Waals surface area contributed by atoms with Crippen LogP contribution in [0.1, 0.15) is 43.8 Å². The zero-order valence-corrected chi connectivity index (χ0v) is 11.7. The summed E-state index contributed by atoms with van der Waals surface area (Å²) in [5.74, 6) is 0.933. The molecular weight excluding hydrogens is 238 g/mol. The van der Waals surface area contributed by atoms with E-state index in [0.29, 0.717) is 0 Å². The van der Waals surface area contributed by atoms with Crippen molar-refractivity contribution in [2.75, 3.05) is 20.2 Å². The fraction of sp³-hybridized carbons (Fsp3) is 0.625. The molecule has 1 saturated heterocycles. The number of ether oxygens (including phenoxy) is 2. The van der Waals surface area contributed by atoms with Gasteiger partial charge in [-0.05, 0) is 18.9 Å². The first-order chi connectivity index (χ1) is 9.33. The lowest BCUT2D eigenvalue weighted by molar-refractivity contribution is -0.136. The van der Waals surface area contributed by atoms with Crippen molar-refractivity contribution in [2.45, 2.75) is 43.8 Å². The van der Waals surface area contributed by atoms with E-state index in [4.69, 9.17) is 9.47 Å². The van der Waals surface area contributed by atoms with Gasteiger partial charge in [0.2, 0.25) is 0 Å². The predicted octanol–water partition coefficient (Wildman–Crippen LogP) is 3.06. The van der Waals surface area contributed by atoms with Crippen LogP contribution in [0.5, 0.6) is 5.75 Å². The summed E-state index contributed by atoms with van der Waals surface area (Å²) in [5, 5.41) is 3.56. The van der Waals surface area contributed by atoms with E-state index >= 15 is 0 Å². The number of methoxy groups -OCH3 is 1. The number of benzene rings is 1. The molecule has 19 heavy (non-hydrogen) atoms. The SMILES string of the molecule is COc1ccccc1C1CNCC2(CCCCC2)O1. The van der Waals surface area contributed by atoms with Gasteiger partial charge in [0.15, 0.2) is 0 Å². The van der Waals surface area contributed by atoms with E-state index in [0.717, 1.165) is 18.8 Å². The smallest absolute Gasteiger partial charge is 0.124 e. The maximum Gasteiger partial charge on any atom is 0.124 e. The largest absolute Gasteiger partial charge is 0.496 e. The molecule has 104 valence electrons. The van der Waals surface area contributed by atoms with Crippen molar-refractivity contribution in [3.63, 3.8) is 0 Å². The van der Waals surface area contributed by atoms with Crippen LogP contribution in [0, 0.1) is 0 Å². The molecule has 1 aromatic carbocycles. The van der Waals surface area contributed by atoms with Crippen molar-refractivity contribution in [1.29, 1.82) is 0 Å². The molecule has 0 aromatic heterocycles. The lowest BCUT2D eigenvalue weighted by Crippen LogP contribution is -2.51. The van der Waals surface area contributed by atoms with Gasteiger partial charge in [-0.25, -0.2) is 0 Å². The van der Waals surface area contributed by atoms with Gasteiger partial charge < -0.3 is 14.8 Å². The van der Waals surface area contributed by atoms with Crippen LogP contribution in [0.25, 0.3) is 0 Å². The normalized spacial score (nSPS) is 26.3. The van der Waals surface area contributed by atoms with Crippen LogP contribution in [-0.4, -0.2) is 25.8 Å². The molecule has 2 fully saturated rings. The first kappa shape index (κ1) is 12.9. The monoisotopic (exact) mass is 261 g/mol. The molecule has 0 bridgehead atoms. The van der Waals surface area contributed by atoms with Crippen molar-refractivity contribution in [2.24, 2.45) is 0 Å². The third kappa shape index (κ3) is 2.63. The van der Waals surface area contributed by atoms with Crippen LogP contribution in [-0.2, 0) is 4.74 Å². The van der Waals surface area contributed by atoms with Crippen molar-refractivity contribution in [1.82, 2.24) is 5.32 Å². The second-order valence-electron chi connectivity index (χ2n) is 5.72. The molecule has 2 aliphatic rings. The Morgan fingerprint density at radius 1 is 1.21 bits per heavy atom. The number of para-hydroxylation sites is 1. The average molecular weight is 261 g/mol. The molecule has 3 rings (SSSR count). The summed E-state index contributed by atoms with van der Waals surface area (Å²) in [5.41, 5.74) is 1.23. The number of hydrogen-bond donors (Lipinski definition) is 1. The molecule has 1 N–H and O–H groups in total. The molecule has 0 radical (unpaired) electrons. The highest BCUT2D eigenvalue weighted by Crippen LogP contribution is 2.39. The van der Waals surface area contributed by atoms with E-state index in [2.05, 4.69) is 17.4 Å². The molecule has 0 amide bonds. The van der Waals surface area contributed by atoms with E-state index < -0.39 is 0 Å². The number of morpholine rings is 1. The van der Waals surface area contributed by atoms with Gasteiger partial charge in [0, 0.05) is 18.7 Å². The highest BCUT2D eigenvalue weighted by Gasteiger charge is 2.39. The predicted molar refractivity (Wildman–Crippen MR) is 75.5 cm³/mol. The third-order valence-corrected chi connectivity index (χ3v) is 4.42. The minimum atomic E-state index is 0.0576. The van der Waals surface area contributed by atoms with Gasteiger partial charge in [-0.3, -0.25) is 0 Å². The molecule has 1 spiro atoms. The quantitative estimate of drug-likeness (QED) is 0.887. The van der Waals surface area contributed by atoms with Crippen LogP contribution in [0.2, 0.25) is 0 Å². The summed E-state index contributed by atoms with van der Waals surface area (Å²) in [4.78, 5) is 0. The molecule has 1 aliphatic heterocycles. The van der Waals surface area contributed by atoms with Crippen LogP contribution in [0.3, 0.4) is 0 Å². The van der Waals surface area contributed by atoms with Crippen LogP contribution in [0.15, 0.2) is 24.3 Å². The van der Waals surface area contributed by atoms with Crippen LogP contribution < -0.4 is 10.1 Å². The molecule has 1 saturated carbocycles. The molecule has 1 heterocycles. The molecule has 1 aromatic rings. The number of hydrogen-bond acceptors (Lipinski definition) is 3. The van der Waals surface area contributed by atoms with E-state index in [9.17, 15) is 0 Å². The van der Waals surface area contributed by atoms with E-state index in [1.54, 1.807) is 7.11 Å². The molecule has 1 unspecified atom stereocenters. The van der Waals surface area contributed by atoms with Gasteiger partial charge in [0.25, 0.3) is 0 Å². The van der Waals surface area contributed by atoms with E-state index in [-0.39, 0.29) is 11.7 Å². The third-order valence-electron chi connectivity index (χ3n) is 4.42. The summed E-state index contributed by atoms with van der Waals surface area (Å²) in [7, 11) is 1.73. The fourth-order valence-corrected chi connectivity index (χ4v) is 3.41. The second kappa shape index (κ2) is 5.51. The summed E-state index contributed by atoms with van der Waals surface area (Å²) in [6.45, 7) is 1.88. The van der Waals surface area contributed by atoms with Crippen LogP contribution in [0.4, 0.5) is 0 Å². The van der Waals surface area contributed by atoms with Crippen molar-refractivity contribution >= 4 is 0 Å². The Hall–Kier alpha value is -1.06. The Morgan fingerprint density at radius 3 is 2.79 bits per heavy atom. The van der Waals surface area contributed by atoms with Crippen molar-refractivity contribution in [3.05, 3.63) is 29.8 Å². The maximum absolute atomic E-state index is 6.50. The van der Waals surface area contributed by atoms with Gasteiger partial charge in [0.05, 0.1) is 18.8 Å². The Bertz CT molecular complexity index is 421. The number of rotatable bonds is 2. The highest BCUT2D eigenvalue weighted by atomic mass is 16.5. The zero-order valence-electron chi connectivity index (χ0n) is 11.7. The summed E-state index contributed by atoms with van der Waals surface area (Å²) >= 11 is 0. The maximum atomic E-state index is 6.50. The lowest BCUT2D eigenvalue weighted by atomic mass is 9.83. The Kier molecular flexibility index (Phi) is 3.76. The van der Waals surface area contributed by atoms with Gasteiger partial charge in [0.1, 0.15) is 5.75 Å². The average Bonchev–Trinajstić information content (AvgIpc) is 2.48. The summed E-state index contributed by atoms with van der Waals surface area (Å²) < 4.78 is 12.0. The van der Waals surface area contributed by atoms with Crippen LogP contribution >= 0.6 is 0 Å². The Labute approximate surface area is 115 Å². The van der Waals surface area contributed by atoms with Gasteiger partial charge >= 0.3 is 0 Å². The standard InChI is InChI=1S/C16H23NO2/c1-18-14-8-4-3-7-13(14)15-11-17-12-16(19-15)9-5-2-6-10-16/h3-4,7-8,15,17H,2,5-6,9-12H2,1H3. The van der Waals surface area contributed by atoms with E-state index in [1.165, 1.54) is 37.7 Å². The van der Waals surface area contributed by atoms with Crippen molar-refractivity contribution < 1.29 is 9.47 Å². The first-order valence-corrected chi connectivity index (χ1v) is 7.34. The minimum Gasteiger partial charge on any atom is -0.496 e. The number of nitrogens with one attached hydrogen (secondary N) is 1. The summed E-state index contributed by atoms with van der Waals surface area (Å²) in [6, 6.07) is 8.20. The zero-order chi connectivity index (χ0) is 13.1. The highest BCUT2D eigenvalue weighted by molar-refractivity contribution is 5.35. The minimum absolute atomic E-state index is 0.0576. The molecule has 1 atom stereocenters. The summed E-state index contributed by atoms with van der Waals surface area (Å²) in [6.07, 6.45) is 6.42. The van der Waals surface area contributed by atoms with Crippen molar-refractivity contribution in [3.8, 4) is 5.75 Å².